The lowest BCUT2D eigenvalue weighted by Gasteiger charge is -2.03. The topological polar surface area (TPSA) is 37.3 Å². The van der Waals surface area contributed by atoms with Gasteiger partial charge in [-0.05, 0) is 6.42 Å². The molecule has 0 amide bonds. The molecule has 0 bridgehead atoms. The fraction of sp³-hybridized carbons (Fsp3) is 0.944. The average Bonchev–Trinajstić information content (AvgIpc) is 2.49. The molecular formula is C18H36O2. The highest BCUT2D eigenvalue weighted by molar-refractivity contribution is 5.66. The van der Waals surface area contributed by atoms with E-state index in [1.165, 1.54) is 32.1 Å². The molecule has 2 unspecified atom stereocenters. The first kappa shape index (κ1) is 15.9. The van der Waals surface area contributed by atoms with Crippen molar-refractivity contribution < 1.29 is 12.6 Å². The third-order valence-electron chi connectivity index (χ3n) is 3.65. The number of rotatable bonds is 16. The second-order valence-electron chi connectivity index (χ2n) is 5.73. The van der Waals surface area contributed by atoms with Gasteiger partial charge in [-0.2, -0.15) is 0 Å². The van der Waals surface area contributed by atoms with Gasteiger partial charge in [-0.3, -0.25) is 4.79 Å². The Hall–Kier alpha value is -0.530. The Morgan fingerprint density at radius 1 is 0.750 bits per heavy atom. The number of aliphatic carboxylic acids is 1. The summed E-state index contributed by atoms with van der Waals surface area (Å²) in [5, 5.41) is 8.54. The van der Waals surface area contributed by atoms with Crippen LogP contribution in [0.4, 0.5) is 0 Å². The molecule has 2 atom stereocenters. The van der Waals surface area contributed by atoms with Crippen LogP contribution in [-0.4, -0.2) is 11.1 Å². The minimum absolute atomic E-state index is 0.224. The molecule has 0 fully saturated rings. The van der Waals surface area contributed by atoms with E-state index in [0.717, 1.165) is 51.4 Å². The molecule has 0 rings (SSSR count). The molecule has 0 saturated carbocycles. The van der Waals surface area contributed by atoms with Crippen molar-refractivity contribution >= 4 is 5.97 Å². The van der Waals surface area contributed by atoms with Gasteiger partial charge >= 0.3 is 5.97 Å². The number of unbranched alkanes of at least 4 members (excludes halogenated alkanes) is 9. The lowest BCUT2D eigenvalue weighted by atomic mass is 10.0. The number of hydrogen-bond acceptors (Lipinski definition) is 1. The monoisotopic (exact) mass is 286 g/mol. The van der Waals surface area contributed by atoms with Gasteiger partial charge in [0.1, 0.15) is 0 Å². The highest BCUT2D eigenvalue weighted by atomic mass is 16.4. The van der Waals surface area contributed by atoms with Crippen molar-refractivity contribution in [1.29, 1.82) is 0 Å². The van der Waals surface area contributed by atoms with Gasteiger partial charge in [0.2, 0.25) is 0 Å². The van der Waals surface area contributed by atoms with Gasteiger partial charge in [-0.25, -0.2) is 0 Å². The van der Waals surface area contributed by atoms with Crippen molar-refractivity contribution in [1.82, 2.24) is 0 Å². The molecule has 0 aromatic rings. The van der Waals surface area contributed by atoms with E-state index in [1.54, 1.807) is 0 Å². The van der Waals surface area contributed by atoms with E-state index >= 15 is 0 Å². The molecule has 20 heavy (non-hydrogen) atoms. The molecule has 0 aromatic carbocycles. The maximum absolute atomic E-state index is 10.4. The normalized spacial score (nSPS) is 15.4. The summed E-state index contributed by atoms with van der Waals surface area (Å²) in [6.07, 6.45) is 13.9. The summed E-state index contributed by atoms with van der Waals surface area (Å²) in [6.45, 7) is 2.22. The first-order chi connectivity index (χ1) is 10.6. The fourth-order valence-corrected chi connectivity index (χ4v) is 2.35. The van der Waals surface area contributed by atoms with Crippen LogP contribution < -0.4 is 0 Å². The van der Waals surface area contributed by atoms with Crippen LogP contribution in [0, 0.1) is 0 Å². The SMILES string of the molecule is [2H]C(CCCCCCCC)C([2H])CCCCCCCC(=O)O. The maximum atomic E-state index is 10.4. The lowest BCUT2D eigenvalue weighted by molar-refractivity contribution is -0.137. The van der Waals surface area contributed by atoms with Gasteiger partial charge in [-0.15, -0.1) is 0 Å². The highest BCUT2D eigenvalue weighted by Crippen LogP contribution is 2.13. The zero-order valence-corrected chi connectivity index (χ0v) is 13.4. The summed E-state index contributed by atoms with van der Waals surface area (Å²) < 4.78 is 16.1. The first-order valence-corrected chi connectivity index (χ1v) is 8.64. The fourth-order valence-electron chi connectivity index (χ4n) is 2.35. The van der Waals surface area contributed by atoms with Crippen molar-refractivity contribution in [2.24, 2.45) is 0 Å². The molecule has 2 nitrogen and oxygen atoms in total. The van der Waals surface area contributed by atoms with Gasteiger partial charge in [0.25, 0.3) is 0 Å². The van der Waals surface area contributed by atoms with E-state index in [2.05, 4.69) is 6.92 Å². The van der Waals surface area contributed by atoms with Crippen molar-refractivity contribution in [3.63, 3.8) is 0 Å². The van der Waals surface area contributed by atoms with Crippen LogP contribution in [0.15, 0.2) is 0 Å². The Morgan fingerprint density at radius 2 is 1.15 bits per heavy atom. The van der Waals surface area contributed by atoms with Crippen LogP contribution in [-0.2, 0) is 4.79 Å². The molecule has 0 aliphatic carbocycles. The van der Waals surface area contributed by atoms with E-state index in [4.69, 9.17) is 7.85 Å². The van der Waals surface area contributed by atoms with E-state index < -0.39 is 5.97 Å². The Bertz CT molecular complexity index is 259. The second-order valence-corrected chi connectivity index (χ2v) is 5.73. The Balaban J connectivity index is 3.38. The molecule has 0 heterocycles. The summed E-state index contributed by atoms with van der Waals surface area (Å²) >= 11 is 0. The zero-order valence-electron chi connectivity index (χ0n) is 15.4. The number of carboxylic acid groups (broad SMARTS) is 1. The van der Waals surface area contributed by atoms with E-state index in [1.807, 2.05) is 0 Å². The predicted octanol–water partition coefficient (Wildman–Crippen LogP) is 6.33. The summed E-state index contributed by atoms with van der Waals surface area (Å²) in [4.78, 5) is 10.4. The second kappa shape index (κ2) is 16.5. The molecule has 0 aliphatic rings. The summed E-state index contributed by atoms with van der Waals surface area (Å²) in [5.74, 6) is -0.710. The van der Waals surface area contributed by atoms with Crippen LogP contribution in [0.1, 0.15) is 112 Å². The van der Waals surface area contributed by atoms with Crippen molar-refractivity contribution in [3.8, 4) is 0 Å². The highest BCUT2D eigenvalue weighted by Gasteiger charge is 1.97. The third-order valence-corrected chi connectivity index (χ3v) is 3.65. The first-order valence-electron chi connectivity index (χ1n) is 9.79. The standard InChI is InChI=1S/C18H36O2/c1-2-3-4-5-6-7-8-9-10-11-12-13-14-15-16-17-18(19)20/h2-17H2,1H3,(H,19,20)/i9D,10D. The lowest BCUT2D eigenvalue weighted by Crippen LogP contribution is -1.93. The summed E-state index contributed by atoms with van der Waals surface area (Å²) in [5.41, 5.74) is 0. The maximum Gasteiger partial charge on any atom is 0.303 e. The van der Waals surface area contributed by atoms with Crippen LogP contribution in [0.3, 0.4) is 0 Å². The molecule has 1 N–H and O–H groups in total. The van der Waals surface area contributed by atoms with Gasteiger partial charge in [-0.1, -0.05) is 96.8 Å². The van der Waals surface area contributed by atoms with Crippen molar-refractivity contribution in [3.05, 3.63) is 0 Å². The number of hydrogen-bond donors (Lipinski definition) is 1. The van der Waals surface area contributed by atoms with Crippen molar-refractivity contribution in [2.75, 3.05) is 0 Å². The van der Waals surface area contributed by atoms with Gasteiger partial charge < -0.3 is 5.11 Å². The van der Waals surface area contributed by atoms with E-state index in [9.17, 15) is 4.79 Å². The Morgan fingerprint density at radius 3 is 1.60 bits per heavy atom. The summed E-state index contributed by atoms with van der Waals surface area (Å²) in [6, 6.07) is 0. The summed E-state index contributed by atoms with van der Waals surface area (Å²) in [7, 11) is 0. The molecule has 120 valence electrons. The molecule has 2 heteroatoms. The smallest absolute Gasteiger partial charge is 0.303 e. The minimum Gasteiger partial charge on any atom is -0.481 e. The number of carboxylic acids is 1. The number of carbonyl (C=O) groups is 1. The van der Waals surface area contributed by atoms with Gasteiger partial charge in [0.05, 0.1) is 0 Å². The van der Waals surface area contributed by atoms with E-state index in [-0.39, 0.29) is 19.2 Å². The predicted molar refractivity (Wildman–Crippen MR) is 87.2 cm³/mol. The molecule has 0 aliphatic heterocycles. The zero-order chi connectivity index (χ0) is 16.6. The third kappa shape index (κ3) is 17.5. The quantitative estimate of drug-likeness (QED) is 0.336. The van der Waals surface area contributed by atoms with Gasteiger partial charge in [0, 0.05) is 9.16 Å². The van der Waals surface area contributed by atoms with Gasteiger partial charge in [0.15, 0.2) is 0 Å². The molecule has 0 saturated heterocycles. The van der Waals surface area contributed by atoms with E-state index in [0.29, 0.717) is 0 Å². The molecular weight excluding hydrogens is 248 g/mol. The average molecular weight is 286 g/mol. The Labute approximate surface area is 129 Å². The van der Waals surface area contributed by atoms with Crippen LogP contribution >= 0.6 is 0 Å². The van der Waals surface area contributed by atoms with Crippen molar-refractivity contribution in [2.45, 2.75) is 110 Å². The molecule has 0 spiro atoms. The minimum atomic E-state index is -0.710. The molecule has 0 radical (unpaired) electrons. The molecule has 0 aromatic heterocycles. The Kier molecular flexibility index (Phi) is 13.1. The largest absolute Gasteiger partial charge is 0.481 e. The van der Waals surface area contributed by atoms with Crippen LogP contribution in [0.5, 0.6) is 0 Å². The van der Waals surface area contributed by atoms with Crippen LogP contribution in [0.2, 0.25) is 0 Å². The van der Waals surface area contributed by atoms with Crippen LogP contribution in [0.25, 0.3) is 0 Å².